The smallest absolute Gasteiger partial charge is 0.237 e. The molecule has 1 saturated heterocycles. The monoisotopic (exact) mass is 499 g/mol. The number of imidazole rings is 1. The van der Waals surface area contributed by atoms with Crippen LogP contribution in [0.4, 0.5) is 5.82 Å². The van der Waals surface area contributed by atoms with E-state index in [2.05, 4.69) is 37.7 Å². The molecular formula is C23H29N7O4S. The van der Waals surface area contributed by atoms with Crippen molar-refractivity contribution in [2.24, 2.45) is 0 Å². The lowest BCUT2D eigenvalue weighted by Crippen LogP contribution is -2.47. The van der Waals surface area contributed by atoms with Crippen molar-refractivity contribution in [2.75, 3.05) is 23.8 Å². The largest absolute Gasteiger partial charge is 0.387 e. The quantitative estimate of drug-likeness (QED) is 0.267. The third kappa shape index (κ3) is 4.98. The molecule has 11 nitrogen and oxygen atoms in total. The van der Waals surface area contributed by atoms with Crippen LogP contribution in [0.5, 0.6) is 0 Å². The van der Waals surface area contributed by atoms with Crippen LogP contribution in [0.3, 0.4) is 0 Å². The van der Waals surface area contributed by atoms with E-state index in [1.807, 2.05) is 12.1 Å². The summed E-state index contributed by atoms with van der Waals surface area (Å²) in [5, 5.41) is 27.4. The lowest BCUT2D eigenvalue weighted by Gasteiger charge is -2.25. The van der Waals surface area contributed by atoms with Crippen molar-refractivity contribution < 1.29 is 19.7 Å². The number of aromatic nitrogens is 4. The zero-order valence-electron chi connectivity index (χ0n) is 19.1. The highest BCUT2D eigenvalue weighted by Crippen LogP contribution is 2.33. The van der Waals surface area contributed by atoms with Crippen LogP contribution < -0.4 is 16.4 Å². The van der Waals surface area contributed by atoms with Crippen LogP contribution in [-0.4, -0.2) is 78.0 Å². The number of aliphatic hydroxyl groups is 2. The Labute approximate surface area is 206 Å². The predicted molar refractivity (Wildman–Crippen MR) is 131 cm³/mol. The molecule has 35 heavy (non-hydrogen) atoms. The molecule has 0 unspecified atom stereocenters. The summed E-state index contributed by atoms with van der Waals surface area (Å²) in [5.41, 5.74) is 9.16. The molecule has 2 aliphatic rings. The SMILES string of the molecule is Nc1ncnc2c1ncn2[C@@H]1O[C@H](CSCCCNC(=O)[C@H]2Cc3ccccc3CN2)[C@@H](O)[C@H]1O. The molecule has 5 rings (SSSR count). The summed E-state index contributed by atoms with van der Waals surface area (Å²) in [7, 11) is 0. The van der Waals surface area contributed by atoms with Crippen LogP contribution in [0.25, 0.3) is 11.2 Å². The molecule has 0 aliphatic carbocycles. The molecule has 1 amide bonds. The van der Waals surface area contributed by atoms with E-state index < -0.39 is 24.5 Å². The number of nitrogens with two attached hydrogens (primary N) is 1. The molecule has 2 aromatic heterocycles. The molecule has 1 fully saturated rings. The van der Waals surface area contributed by atoms with E-state index in [1.165, 1.54) is 23.8 Å². The second kappa shape index (κ2) is 10.5. The van der Waals surface area contributed by atoms with Gasteiger partial charge in [0.15, 0.2) is 17.7 Å². The average molecular weight is 500 g/mol. The number of nitrogen functional groups attached to an aromatic ring is 1. The maximum absolute atomic E-state index is 12.5. The number of nitrogens with one attached hydrogen (secondary N) is 2. The fraction of sp³-hybridized carbons (Fsp3) is 0.478. The number of ether oxygens (including phenoxy) is 1. The molecule has 6 N–H and O–H groups in total. The number of amides is 1. The Morgan fingerprint density at radius 1 is 1.23 bits per heavy atom. The molecular weight excluding hydrogens is 470 g/mol. The summed E-state index contributed by atoms with van der Waals surface area (Å²) in [6.07, 6.45) is 0.765. The van der Waals surface area contributed by atoms with Crippen LogP contribution in [0.1, 0.15) is 23.8 Å². The standard InChI is InChI=1S/C23H29N7O4S/c24-20-17-21(28-11-27-20)30(12-29-17)23-19(32)18(31)16(34-23)10-35-7-3-6-25-22(33)15-8-13-4-1-2-5-14(13)9-26-15/h1-2,4-5,11-12,15-16,18-19,23,26,31-32H,3,6-10H2,(H,25,33)(H2,24,27,28)/t15-,16-,18-,19-,23-/m1/s1. The molecule has 3 aromatic rings. The summed E-state index contributed by atoms with van der Waals surface area (Å²) < 4.78 is 7.52. The number of rotatable bonds is 8. The second-order valence-corrected chi connectivity index (χ2v) is 9.90. The Bertz CT molecular complexity index is 1190. The summed E-state index contributed by atoms with van der Waals surface area (Å²) in [4.78, 5) is 24.8. The number of hydrogen-bond acceptors (Lipinski definition) is 10. The van der Waals surface area contributed by atoms with Crippen molar-refractivity contribution in [3.63, 3.8) is 0 Å². The van der Waals surface area contributed by atoms with E-state index in [0.717, 1.165) is 12.2 Å². The molecule has 0 spiro atoms. The van der Waals surface area contributed by atoms with Gasteiger partial charge >= 0.3 is 0 Å². The maximum atomic E-state index is 12.5. The van der Waals surface area contributed by atoms with E-state index in [-0.39, 0.29) is 17.8 Å². The molecule has 5 atom stereocenters. The number of fused-ring (bicyclic) bond motifs is 2. The van der Waals surface area contributed by atoms with Gasteiger partial charge in [0.05, 0.1) is 18.5 Å². The van der Waals surface area contributed by atoms with Crippen molar-refractivity contribution in [1.29, 1.82) is 0 Å². The van der Waals surface area contributed by atoms with Crippen molar-refractivity contribution >= 4 is 34.7 Å². The minimum atomic E-state index is -1.12. The Morgan fingerprint density at radius 2 is 2.06 bits per heavy atom. The Morgan fingerprint density at radius 3 is 2.91 bits per heavy atom. The van der Waals surface area contributed by atoms with Crippen LogP contribution in [-0.2, 0) is 22.5 Å². The van der Waals surface area contributed by atoms with Gasteiger partial charge in [0.2, 0.25) is 5.91 Å². The van der Waals surface area contributed by atoms with Gasteiger partial charge in [-0.2, -0.15) is 11.8 Å². The van der Waals surface area contributed by atoms with Crippen LogP contribution in [0.15, 0.2) is 36.9 Å². The summed E-state index contributed by atoms with van der Waals surface area (Å²) >= 11 is 1.61. The highest BCUT2D eigenvalue weighted by atomic mass is 32.2. The van der Waals surface area contributed by atoms with Crippen LogP contribution in [0.2, 0.25) is 0 Å². The van der Waals surface area contributed by atoms with Gasteiger partial charge in [-0.15, -0.1) is 0 Å². The number of anilines is 1. The fourth-order valence-corrected chi connectivity index (χ4v) is 5.52. The Kier molecular flexibility index (Phi) is 7.16. The highest BCUT2D eigenvalue weighted by molar-refractivity contribution is 7.99. The molecule has 0 bridgehead atoms. The topological polar surface area (TPSA) is 160 Å². The van der Waals surface area contributed by atoms with Crippen molar-refractivity contribution in [1.82, 2.24) is 30.2 Å². The number of aliphatic hydroxyl groups excluding tert-OH is 2. The number of nitrogens with zero attached hydrogens (tertiary/aromatic N) is 4. The highest BCUT2D eigenvalue weighted by Gasteiger charge is 2.44. The lowest BCUT2D eigenvalue weighted by molar-refractivity contribution is -0.123. The first-order valence-electron chi connectivity index (χ1n) is 11.6. The van der Waals surface area contributed by atoms with Crippen LogP contribution >= 0.6 is 11.8 Å². The van der Waals surface area contributed by atoms with Crippen LogP contribution in [0, 0.1) is 0 Å². The minimum absolute atomic E-state index is 0.0158. The molecule has 4 heterocycles. The average Bonchev–Trinajstić information content (AvgIpc) is 3.43. The van der Waals surface area contributed by atoms with Crippen molar-refractivity contribution in [3.8, 4) is 0 Å². The summed E-state index contributed by atoms with van der Waals surface area (Å²) in [6.45, 7) is 1.28. The van der Waals surface area contributed by atoms with Gasteiger partial charge in [-0.25, -0.2) is 15.0 Å². The fourth-order valence-electron chi connectivity index (χ4n) is 4.50. The molecule has 2 aliphatic heterocycles. The minimum Gasteiger partial charge on any atom is -0.387 e. The zero-order valence-corrected chi connectivity index (χ0v) is 19.9. The first-order chi connectivity index (χ1) is 17.0. The predicted octanol–water partition coefficient (Wildman–Crippen LogP) is -0.0183. The van der Waals surface area contributed by atoms with Gasteiger partial charge in [-0.1, -0.05) is 24.3 Å². The van der Waals surface area contributed by atoms with E-state index >= 15 is 0 Å². The van der Waals surface area contributed by atoms with E-state index in [9.17, 15) is 15.0 Å². The number of carbonyl (C=O) groups excluding carboxylic acids is 1. The van der Waals surface area contributed by atoms with Gasteiger partial charge < -0.3 is 31.3 Å². The van der Waals surface area contributed by atoms with Gasteiger partial charge in [0.1, 0.15) is 24.1 Å². The third-order valence-corrected chi connectivity index (χ3v) is 7.58. The first kappa shape index (κ1) is 23.9. The first-order valence-corrected chi connectivity index (χ1v) is 12.8. The second-order valence-electron chi connectivity index (χ2n) is 8.76. The normalized spacial score (nSPS) is 26.1. The maximum Gasteiger partial charge on any atom is 0.237 e. The summed E-state index contributed by atoms with van der Waals surface area (Å²) in [5.74, 6) is 1.55. The van der Waals surface area contributed by atoms with Crippen molar-refractivity contribution in [2.45, 2.75) is 50.0 Å². The molecule has 0 saturated carbocycles. The van der Waals surface area contributed by atoms with E-state index in [0.29, 0.717) is 36.4 Å². The Hall–Kier alpha value is -2.77. The summed E-state index contributed by atoms with van der Waals surface area (Å²) in [6, 6.07) is 7.97. The van der Waals surface area contributed by atoms with Gasteiger partial charge in [-0.3, -0.25) is 9.36 Å². The molecule has 186 valence electrons. The van der Waals surface area contributed by atoms with E-state index in [1.54, 1.807) is 16.3 Å². The number of thioether (sulfide) groups is 1. The number of benzene rings is 1. The number of hydrogen-bond donors (Lipinski definition) is 5. The zero-order chi connectivity index (χ0) is 24.4. The lowest BCUT2D eigenvalue weighted by atomic mass is 9.95. The Balaban J connectivity index is 1.05. The van der Waals surface area contributed by atoms with Crippen molar-refractivity contribution in [3.05, 3.63) is 48.0 Å². The molecule has 1 aromatic carbocycles. The third-order valence-electron chi connectivity index (χ3n) is 6.44. The van der Waals surface area contributed by atoms with Gasteiger partial charge in [0, 0.05) is 18.8 Å². The van der Waals surface area contributed by atoms with Gasteiger partial charge in [-0.05, 0) is 29.7 Å². The molecule has 0 radical (unpaired) electrons. The van der Waals surface area contributed by atoms with Gasteiger partial charge in [0.25, 0.3) is 0 Å². The number of carbonyl (C=O) groups is 1. The molecule has 12 heteroatoms. The van der Waals surface area contributed by atoms with E-state index in [4.69, 9.17) is 10.5 Å².